The van der Waals surface area contributed by atoms with Crippen LogP contribution in [-0.2, 0) is 28.1 Å². The van der Waals surface area contributed by atoms with Crippen molar-refractivity contribution in [2.75, 3.05) is 13.7 Å². The highest BCUT2D eigenvalue weighted by molar-refractivity contribution is 7.33. The molecule has 9 nitrogen and oxygen atoms in total. The van der Waals surface area contributed by atoms with Crippen LogP contribution in [0.5, 0.6) is 5.75 Å². The van der Waals surface area contributed by atoms with Crippen molar-refractivity contribution in [1.82, 2.24) is 4.90 Å². The van der Waals surface area contributed by atoms with Crippen molar-refractivity contribution < 1.29 is 32.6 Å². The largest absolute Gasteiger partial charge is 0.426 e. The van der Waals surface area contributed by atoms with Gasteiger partial charge in [-0.1, -0.05) is 23.8 Å². The minimum Gasteiger partial charge on any atom is -0.426 e. The van der Waals surface area contributed by atoms with Gasteiger partial charge in [0.1, 0.15) is 18.0 Å². The molecule has 2 heterocycles. The number of amides is 1. The Bertz CT molecular complexity index is 869. The average molecular weight is 452 g/mol. The Morgan fingerprint density at radius 2 is 2.03 bits per heavy atom. The van der Waals surface area contributed by atoms with E-state index in [1.807, 2.05) is 25.1 Å². The SMILES string of the molecule is COC(CO[PH](=O)Oc1ccc(C)cc1)[C@H]1OC(C)(C)O[C@H]1N1C=CCC(C(N)=O)=C1. The van der Waals surface area contributed by atoms with Crippen LogP contribution >= 0.6 is 8.25 Å². The summed E-state index contributed by atoms with van der Waals surface area (Å²) < 4.78 is 40.8. The van der Waals surface area contributed by atoms with Crippen LogP contribution in [0.15, 0.2) is 48.3 Å². The van der Waals surface area contributed by atoms with Gasteiger partial charge in [-0.3, -0.25) is 9.32 Å². The number of carbonyl (C=O) groups is 1. The predicted molar refractivity (Wildman–Crippen MR) is 114 cm³/mol. The first-order valence-corrected chi connectivity index (χ1v) is 11.2. The monoisotopic (exact) mass is 452 g/mol. The van der Waals surface area contributed by atoms with Gasteiger partial charge in [-0.15, -0.1) is 0 Å². The summed E-state index contributed by atoms with van der Waals surface area (Å²) in [6.45, 7) is 5.48. The fraction of sp³-hybridized carbons (Fsp3) is 0.476. The van der Waals surface area contributed by atoms with E-state index in [2.05, 4.69) is 0 Å². The van der Waals surface area contributed by atoms with Crippen molar-refractivity contribution in [3.05, 3.63) is 53.9 Å². The standard InChI is InChI=1S/C21H29N2O7P/c1-14-7-9-16(10-8-14)30-31(25)27-13-17(26-4)18-20(29-21(2,3)28-18)23-11-5-6-15(12-23)19(22)24/h5,7-12,17-18,20,31H,6,13H2,1-4H3,(H2,22,24)/t17?,18-,20-/m1/s1. The maximum absolute atomic E-state index is 12.3. The number of rotatable bonds is 9. The molecular weight excluding hydrogens is 423 g/mol. The second-order valence-electron chi connectivity index (χ2n) is 7.80. The van der Waals surface area contributed by atoms with E-state index in [1.165, 1.54) is 7.11 Å². The zero-order chi connectivity index (χ0) is 22.6. The second-order valence-corrected chi connectivity index (χ2v) is 8.79. The Kier molecular flexibility index (Phi) is 7.56. The number of aryl methyl sites for hydroxylation is 1. The number of primary amides is 1. The van der Waals surface area contributed by atoms with E-state index in [4.69, 9.17) is 29.0 Å². The van der Waals surface area contributed by atoms with Gasteiger partial charge in [0.2, 0.25) is 5.91 Å². The molecule has 2 N–H and O–H groups in total. The summed E-state index contributed by atoms with van der Waals surface area (Å²) >= 11 is 0. The van der Waals surface area contributed by atoms with Gasteiger partial charge in [0, 0.05) is 25.1 Å². The van der Waals surface area contributed by atoms with Gasteiger partial charge in [0.05, 0.1) is 6.61 Å². The van der Waals surface area contributed by atoms with E-state index in [1.54, 1.807) is 43.3 Å². The molecular formula is C21H29N2O7P. The number of methoxy groups -OCH3 is 1. The number of carbonyl (C=O) groups excluding carboxylic acids is 1. The minimum atomic E-state index is -2.81. The zero-order valence-corrected chi connectivity index (χ0v) is 19.1. The molecule has 0 radical (unpaired) electrons. The minimum absolute atomic E-state index is 0.0370. The Balaban J connectivity index is 1.67. The molecule has 3 rings (SSSR count). The third-order valence-corrected chi connectivity index (χ3v) is 5.70. The van der Waals surface area contributed by atoms with Gasteiger partial charge in [0.25, 0.3) is 0 Å². The lowest BCUT2D eigenvalue weighted by atomic mass is 10.1. The predicted octanol–water partition coefficient (Wildman–Crippen LogP) is 2.86. The summed E-state index contributed by atoms with van der Waals surface area (Å²) in [6, 6.07) is 7.18. The van der Waals surface area contributed by atoms with E-state index in [-0.39, 0.29) is 6.61 Å². The molecule has 0 saturated carbocycles. The molecule has 2 unspecified atom stereocenters. The second kappa shape index (κ2) is 9.97. The highest BCUT2D eigenvalue weighted by atomic mass is 31.1. The Morgan fingerprint density at radius 1 is 1.32 bits per heavy atom. The van der Waals surface area contributed by atoms with Crippen LogP contribution < -0.4 is 10.3 Å². The van der Waals surface area contributed by atoms with E-state index in [9.17, 15) is 9.36 Å². The number of nitrogens with zero attached hydrogens (tertiary/aromatic N) is 1. The van der Waals surface area contributed by atoms with Crippen LogP contribution in [0.25, 0.3) is 0 Å². The summed E-state index contributed by atoms with van der Waals surface area (Å²) in [5.41, 5.74) is 6.95. The molecule has 31 heavy (non-hydrogen) atoms. The number of hydrogen-bond donors (Lipinski definition) is 1. The summed E-state index contributed by atoms with van der Waals surface area (Å²) in [7, 11) is -1.30. The number of benzene rings is 1. The molecule has 1 aromatic carbocycles. The van der Waals surface area contributed by atoms with Crippen molar-refractivity contribution in [2.24, 2.45) is 5.73 Å². The average Bonchev–Trinajstić information content (AvgIpc) is 3.05. The van der Waals surface area contributed by atoms with Crippen molar-refractivity contribution >= 4 is 14.2 Å². The molecule has 2 aliphatic rings. The number of nitrogens with two attached hydrogens (primary N) is 1. The summed E-state index contributed by atoms with van der Waals surface area (Å²) in [6.07, 6.45) is 3.90. The van der Waals surface area contributed by atoms with Gasteiger partial charge in [-0.25, -0.2) is 4.57 Å². The van der Waals surface area contributed by atoms with E-state index in [0.717, 1.165) is 5.56 Å². The first-order chi connectivity index (χ1) is 14.7. The maximum atomic E-state index is 12.3. The molecule has 1 fully saturated rings. The van der Waals surface area contributed by atoms with Gasteiger partial charge in [-0.2, -0.15) is 0 Å². The van der Waals surface area contributed by atoms with Crippen molar-refractivity contribution in [1.29, 1.82) is 0 Å². The number of hydrogen-bond acceptors (Lipinski definition) is 8. The summed E-state index contributed by atoms with van der Waals surface area (Å²) in [5.74, 6) is -0.935. The number of allylic oxidation sites excluding steroid dienone is 1. The first-order valence-electron chi connectivity index (χ1n) is 9.93. The molecule has 1 amide bonds. The molecule has 2 aliphatic heterocycles. The molecule has 1 aromatic rings. The lowest BCUT2D eigenvalue weighted by Crippen LogP contribution is -2.45. The van der Waals surface area contributed by atoms with Crippen LogP contribution in [-0.4, -0.2) is 48.7 Å². The van der Waals surface area contributed by atoms with Crippen molar-refractivity contribution in [3.8, 4) is 5.75 Å². The van der Waals surface area contributed by atoms with Crippen LogP contribution in [0.2, 0.25) is 0 Å². The lowest BCUT2D eigenvalue weighted by molar-refractivity contribution is -0.163. The summed E-state index contributed by atoms with van der Waals surface area (Å²) in [5, 5.41) is 0. The van der Waals surface area contributed by atoms with Gasteiger partial charge >= 0.3 is 8.25 Å². The molecule has 170 valence electrons. The fourth-order valence-corrected chi connectivity index (χ4v) is 4.03. The van der Waals surface area contributed by atoms with Gasteiger partial charge < -0.3 is 29.4 Å². The topological polar surface area (TPSA) is 110 Å². The Morgan fingerprint density at radius 3 is 2.68 bits per heavy atom. The Labute approximate surface area is 182 Å². The quantitative estimate of drug-likeness (QED) is 0.570. The molecule has 0 bridgehead atoms. The van der Waals surface area contributed by atoms with Crippen LogP contribution in [0.3, 0.4) is 0 Å². The normalized spacial score (nSPS) is 24.5. The maximum Gasteiger partial charge on any atom is 0.367 e. The highest BCUT2D eigenvalue weighted by Gasteiger charge is 2.48. The van der Waals surface area contributed by atoms with Crippen LogP contribution in [0.1, 0.15) is 25.8 Å². The third kappa shape index (κ3) is 6.18. The number of ether oxygens (including phenoxy) is 3. The van der Waals surface area contributed by atoms with Crippen LogP contribution in [0, 0.1) is 6.92 Å². The molecule has 4 atom stereocenters. The molecule has 0 spiro atoms. The van der Waals surface area contributed by atoms with Gasteiger partial charge in [-0.05, 0) is 39.3 Å². The third-order valence-electron chi connectivity index (χ3n) is 4.89. The molecule has 0 aromatic heterocycles. The van der Waals surface area contributed by atoms with E-state index >= 15 is 0 Å². The lowest BCUT2D eigenvalue weighted by Gasteiger charge is -2.32. The van der Waals surface area contributed by atoms with Gasteiger partial charge in [0.15, 0.2) is 12.0 Å². The molecule has 1 saturated heterocycles. The van der Waals surface area contributed by atoms with E-state index in [0.29, 0.717) is 17.7 Å². The first kappa shape index (κ1) is 23.5. The van der Waals surface area contributed by atoms with Crippen molar-refractivity contribution in [3.63, 3.8) is 0 Å². The molecule has 0 aliphatic carbocycles. The fourth-order valence-electron chi connectivity index (χ4n) is 3.34. The van der Waals surface area contributed by atoms with E-state index < -0.39 is 38.4 Å². The smallest absolute Gasteiger partial charge is 0.367 e. The molecule has 10 heteroatoms. The summed E-state index contributed by atoms with van der Waals surface area (Å²) in [4.78, 5) is 13.3. The zero-order valence-electron chi connectivity index (χ0n) is 18.1. The van der Waals surface area contributed by atoms with Crippen molar-refractivity contribution in [2.45, 2.75) is 51.4 Å². The van der Waals surface area contributed by atoms with Crippen LogP contribution in [0.4, 0.5) is 0 Å². The highest BCUT2D eigenvalue weighted by Crippen LogP contribution is 2.36. The Hall–Kier alpha value is -2.16.